The molecule has 3 fully saturated rings. The van der Waals surface area contributed by atoms with Crippen molar-refractivity contribution in [1.29, 1.82) is 0 Å². The van der Waals surface area contributed by atoms with Crippen LogP contribution >= 0.6 is 0 Å². The van der Waals surface area contributed by atoms with Gasteiger partial charge in [-0.05, 0) is 42.4 Å². The summed E-state index contributed by atoms with van der Waals surface area (Å²) in [7, 11) is 0. The van der Waals surface area contributed by atoms with Gasteiger partial charge in [-0.15, -0.1) is 0 Å². The summed E-state index contributed by atoms with van der Waals surface area (Å²) < 4.78 is 0. The standard InChI is InChI=1S/C12H20/c1-5-9-6-10-7-11(8(9)2)12(10,3)4/h9-11H,2,5-7H2,1,3-4H3/t9-,10?,11+/m0/s1. The molecule has 0 radical (unpaired) electrons. The summed E-state index contributed by atoms with van der Waals surface area (Å²) in [6, 6.07) is 0. The number of rotatable bonds is 1. The van der Waals surface area contributed by atoms with E-state index in [0.29, 0.717) is 5.41 Å². The van der Waals surface area contributed by atoms with E-state index >= 15 is 0 Å². The second kappa shape index (κ2) is 2.37. The molecule has 0 nitrogen and oxygen atoms in total. The first-order valence-electron chi connectivity index (χ1n) is 5.26. The summed E-state index contributed by atoms with van der Waals surface area (Å²) >= 11 is 0. The van der Waals surface area contributed by atoms with E-state index in [4.69, 9.17) is 0 Å². The molecule has 12 heavy (non-hydrogen) atoms. The molecule has 0 heteroatoms. The lowest BCUT2D eigenvalue weighted by molar-refractivity contribution is -0.0472. The minimum absolute atomic E-state index is 0.586. The molecule has 0 saturated heterocycles. The molecule has 0 aromatic carbocycles. The molecule has 0 N–H and O–H groups in total. The summed E-state index contributed by atoms with van der Waals surface area (Å²) in [6.07, 6.45) is 4.16. The van der Waals surface area contributed by atoms with Crippen LogP contribution in [-0.4, -0.2) is 0 Å². The second-order valence-electron chi connectivity index (χ2n) is 5.22. The Bertz CT molecular complexity index is 212. The maximum absolute atomic E-state index is 4.28. The molecular formula is C12H20. The maximum atomic E-state index is 4.28. The van der Waals surface area contributed by atoms with Crippen molar-refractivity contribution in [2.45, 2.75) is 40.0 Å². The van der Waals surface area contributed by atoms with Crippen molar-refractivity contribution < 1.29 is 0 Å². The van der Waals surface area contributed by atoms with Crippen LogP contribution in [0.3, 0.4) is 0 Å². The first-order chi connectivity index (χ1) is 5.57. The van der Waals surface area contributed by atoms with Gasteiger partial charge in [0.1, 0.15) is 0 Å². The number of hydrogen-bond donors (Lipinski definition) is 0. The van der Waals surface area contributed by atoms with Gasteiger partial charge in [-0.3, -0.25) is 0 Å². The van der Waals surface area contributed by atoms with Gasteiger partial charge in [0.05, 0.1) is 0 Å². The fraction of sp³-hybridized carbons (Fsp3) is 0.833. The zero-order valence-corrected chi connectivity index (χ0v) is 8.56. The highest BCUT2D eigenvalue weighted by Crippen LogP contribution is 2.62. The van der Waals surface area contributed by atoms with E-state index in [-0.39, 0.29) is 0 Å². The third-order valence-electron chi connectivity index (χ3n) is 4.50. The molecule has 68 valence electrons. The number of hydrogen-bond acceptors (Lipinski definition) is 0. The number of allylic oxidation sites excluding steroid dienone is 1. The van der Waals surface area contributed by atoms with E-state index in [0.717, 1.165) is 17.8 Å². The summed E-state index contributed by atoms with van der Waals surface area (Å²) in [5, 5.41) is 0. The smallest absolute Gasteiger partial charge is 0.0146 e. The van der Waals surface area contributed by atoms with Crippen LogP contribution in [0.2, 0.25) is 0 Å². The van der Waals surface area contributed by atoms with Crippen LogP contribution in [0.5, 0.6) is 0 Å². The molecule has 0 spiro atoms. The average Bonchev–Trinajstić information content (AvgIpc) is 2.03. The van der Waals surface area contributed by atoms with E-state index in [1.807, 2.05) is 0 Å². The van der Waals surface area contributed by atoms with Crippen molar-refractivity contribution in [2.24, 2.45) is 23.2 Å². The Morgan fingerprint density at radius 1 is 1.42 bits per heavy atom. The van der Waals surface area contributed by atoms with Gasteiger partial charge in [0.25, 0.3) is 0 Å². The SMILES string of the molecule is C=C1[C@@H](CC)CC2C[C@H]1C2(C)C. The monoisotopic (exact) mass is 164 g/mol. The van der Waals surface area contributed by atoms with Crippen LogP contribution in [-0.2, 0) is 0 Å². The lowest BCUT2D eigenvalue weighted by Crippen LogP contribution is -2.51. The van der Waals surface area contributed by atoms with Crippen LogP contribution in [0.25, 0.3) is 0 Å². The van der Waals surface area contributed by atoms with Gasteiger partial charge >= 0.3 is 0 Å². The van der Waals surface area contributed by atoms with Gasteiger partial charge in [-0.1, -0.05) is 32.9 Å². The third kappa shape index (κ3) is 0.841. The molecule has 3 saturated carbocycles. The summed E-state index contributed by atoms with van der Waals surface area (Å²) in [5.41, 5.74) is 2.15. The van der Waals surface area contributed by atoms with Crippen molar-refractivity contribution in [1.82, 2.24) is 0 Å². The van der Waals surface area contributed by atoms with Gasteiger partial charge in [-0.2, -0.15) is 0 Å². The summed E-state index contributed by atoms with van der Waals surface area (Å²) in [4.78, 5) is 0. The lowest BCUT2D eigenvalue weighted by Gasteiger charge is -2.60. The molecule has 1 unspecified atom stereocenters. The Balaban J connectivity index is 2.17. The molecule has 0 heterocycles. The maximum Gasteiger partial charge on any atom is -0.0146 e. The zero-order valence-electron chi connectivity index (χ0n) is 8.56. The Hall–Kier alpha value is -0.260. The van der Waals surface area contributed by atoms with Gasteiger partial charge < -0.3 is 0 Å². The molecule has 0 aromatic rings. The summed E-state index contributed by atoms with van der Waals surface area (Å²) in [5.74, 6) is 2.70. The highest BCUT2D eigenvalue weighted by atomic mass is 14.6. The normalized spacial score (nSPS) is 43.9. The Kier molecular flexibility index (Phi) is 1.65. The highest BCUT2D eigenvalue weighted by Gasteiger charge is 2.53. The molecule has 2 bridgehead atoms. The Morgan fingerprint density at radius 3 is 2.50 bits per heavy atom. The molecule has 0 aliphatic heterocycles. The quantitative estimate of drug-likeness (QED) is 0.519. The van der Waals surface area contributed by atoms with Crippen molar-refractivity contribution in [2.75, 3.05) is 0 Å². The fourth-order valence-corrected chi connectivity index (χ4v) is 3.25. The predicted molar refractivity (Wildman–Crippen MR) is 52.9 cm³/mol. The molecular weight excluding hydrogens is 144 g/mol. The van der Waals surface area contributed by atoms with Crippen LogP contribution in [0.15, 0.2) is 12.2 Å². The van der Waals surface area contributed by atoms with Gasteiger partial charge in [-0.25, -0.2) is 0 Å². The van der Waals surface area contributed by atoms with E-state index < -0.39 is 0 Å². The lowest BCUT2D eigenvalue weighted by atomic mass is 9.45. The molecule has 3 atom stereocenters. The predicted octanol–water partition coefficient (Wildman–Crippen LogP) is 3.63. The van der Waals surface area contributed by atoms with Crippen LogP contribution in [0, 0.1) is 23.2 Å². The minimum atomic E-state index is 0.586. The molecule has 0 aromatic heterocycles. The highest BCUT2D eigenvalue weighted by molar-refractivity contribution is 5.21. The Labute approximate surface area is 76.1 Å². The van der Waals surface area contributed by atoms with Gasteiger partial charge in [0.15, 0.2) is 0 Å². The minimum Gasteiger partial charge on any atom is -0.0993 e. The van der Waals surface area contributed by atoms with Crippen molar-refractivity contribution >= 4 is 0 Å². The summed E-state index contributed by atoms with van der Waals surface area (Å²) in [6.45, 7) is 11.4. The fourth-order valence-electron chi connectivity index (χ4n) is 3.25. The zero-order chi connectivity index (χ0) is 8.93. The first-order valence-corrected chi connectivity index (χ1v) is 5.26. The third-order valence-corrected chi connectivity index (χ3v) is 4.50. The van der Waals surface area contributed by atoms with E-state index in [2.05, 4.69) is 27.4 Å². The van der Waals surface area contributed by atoms with Crippen molar-refractivity contribution in [3.63, 3.8) is 0 Å². The van der Waals surface area contributed by atoms with Crippen LogP contribution in [0.4, 0.5) is 0 Å². The van der Waals surface area contributed by atoms with Gasteiger partial charge in [0.2, 0.25) is 0 Å². The second-order valence-corrected chi connectivity index (χ2v) is 5.22. The van der Waals surface area contributed by atoms with Crippen LogP contribution < -0.4 is 0 Å². The topological polar surface area (TPSA) is 0 Å². The molecule has 3 aliphatic carbocycles. The van der Waals surface area contributed by atoms with Crippen molar-refractivity contribution in [3.8, 4) is 0 Å². The van der Waals surface area contributed by atoms with E-state index in [1.165, 1.54) is 19.3 Å². The Morgan fingerprint density at radius 2 is 2.08 bits per heavy atom. The largest absolute Gasteiger partial charge is 0.0993 e. The molecule has 3 rings (SSSR count). The molecule has 3 aliphatic rings. The first kappa shape index (κ1) is 8.34. The average molecular weight is 164 g/mol. The van der Waals surface area contributed by atoms with Crippen LogP contribution in [0.1, 0.15) is 40.0 Å². The van der Waals surface area contributed by atoms with E-state index in [1.54, 1.807) is 5.57 Å². The van der Waals surface area contributed by atoms with E-state index in [9.17, 15) is 0 Å². The van der Waals surface area contributed by atoms with Gasteiger partial charge in [0, 0.05) is 0 Å². The molecule has 0 amide bonds. The van der Waals surface area contributed by atoms with Crippen molar-refractivity contribution in [3.05, 3.63) is 12.2 Å². The number of fused-ring (bicyclic) bond motifs is 2.